The number of hydrogen-bond donors (Lipinski definition) is 3. The van der Waals surface area contributed by atoms with Gasteiger partial charge in [-0.05, 0) is 35.4 Å². The fourth-order valence-electron chi connectivity index (χ4n) is 3.09. The summed E-state index contributed by atoms with van der Waals surface area (Å²) >= 11 is 1.58. The predicted molar refractivity (Wildman–Crippen MR) is 125 cm³/mol. The summed E-state index contributed by atoms with van der Waals surface area (Å²) in [5.74, 6) is -0.511. The average molecular weight is 431 g/mol. The van der Waals surface area contributed by atoms with Crippen LogP contribution in [0.1, 0.15) is 10.4 Å². The van der Waals surface area contributed by atoms with Gasteiger partial charge in [0.05, 0.1) is 16.8 Å². The molecule has 4 aromatic rings. The van der Waals surface area contributed by atoms with Crippen molar-refractivity contribution < 1.29 is 9.59 Å². The van der Waals surface area contributed by atoms with Crippen LogP contribution in [0.5, 0.6) is 0 Å². The number of rotatable bonds is 8. The van der Waals surface area contributed by atoms with E-state index in [-0.39, 0.29) is 18.4 Å². The number of hydrogen-bond acceptors (Lipinski definition) is 5. The van der Waals surface area contributed by atoms with Crippen molar-refractivity contribution in [1.29, 1.82) is 0 Å². The molecule has 6 nitrogen and oxygen atoms in total. The lowest BCUT2D eigenvalue weighted by Gasteiger charge is -2.08. The Bertz CT molecular complexity index is 1140. The molecule has 0 spiro atoms. The minimum atomic E-state index is -0.276. The normalized spacial score (nSPS) is 10.6. The molecular weight excluding hydrogens is 408 g/mol. The van der Waals surface area contributed by atoms with Gasteiger partial charge in [-0.25, -0.2) is 4.98 Å². The summed E-state index contributed by atoms with van der Waals surface area (Å²) in [5.41, 5.74) is 3.60. The van der Waals surface area contributed by atoms with E-state index in [1.165, 1.54) is 0 Å². The van der Waals surface area contributed by atoms with E-state index in [2.05, 4.69) is 20.9 Å². The first kappa shape index (κ1) is 20.6. The Balaban J connectivity index is 1.18. The standard InChI is InChI=1S/C24H22N4O2S/c29-22(25-14-15-26-24-28-20-8-4-5-9-21(20)31-24)16-27-23(30)19-12-10-18(11-13-19)17-6-2-1-3-7-17/h1-13H,14-16H2,(H,25,29)(H,26,28)(H,27,30). The van der Waals surface area contributed by atoms with Crippen molar-refractivity contribution in [3.05, 3.63) is 84.4 Å². The second kappa shape index (κ2) is 9.86. The smallest absolute Gasteiger partial charge is 0.251 e. The molecule has 0 aliphatic heterocycles. The molecule has 0 atom stereocenters. The lowest BCUT2D eigenvalue weighted by Crippen LogP contribution is -2.38. The number of anilines is 1. The van der Waals surface area contributed by atoms with Crippen LogP contribution >= 0.6 is 11.3 Å². The Morgan fingerprint density at radius 1 is 0.774 bits per heavy atom. The number of carbonyl (C=O) groups is 2. The molecule has 0 radical (unpaired) electrons. The highest BCUT2D eigenvalue weighted by Crippen LogP contribution is 2.25. The van der Waals surface area contributed by atoms with Crippen molar-refractivity contribution in [3.8, 4) is 11.1 Å². The maximum absolute atomic E-state index is 12.3. The molecule has 1 aromatic heterocycles. The van der Waals surface area contributed by atoms with Crippen molar-refractivity contribution in [2.75, 3.05) is 25.0 Å². The number of nitrogens with zero attached hydrogens (tertiary/aromatic N) is 1. The Labute approximate surface area is 184 Å². The van der Waals surface area contributed by atoms with Crippen LogP contribution in [0.4, 0.5) is 5.13 Å². The van der Waals surface area contributed by atoms with E-state index in [0.29, 0.717) is 18.7 Å². The zero-order valence-electron chi connectivity index (χ0n) is 16.8. The van der Waals surface area contributed by atoms with Crippen LogP contribution in [0, 0.1) is 0 Å². The highest BCUT2D eigenvalue weighted by molar-refractivity contribution is 7.22. The minimum absolute atomic E-state index is 0.0690. The molecule has 0 aliphatic carbocycles. The molecule has 156 valence electrons. The first-order chi connectivity index (χ1) is 15.2. The van der Waals surface area contributed by atoms with E-state index in [0.717, 1.165) is 26.5 Å². The van der Waals surface area contributed by atoms with Crippen LogP contribution in [0.3, 0.4) is 0 Å². The van der Waals surface area contributed by atoms with E-state index in [9.17, 15) is 9.59 Å². The predicted octanol–water partition coefficient (Wildman–Crippen LogP) is 3.92. The van der Waals surface area contributed by atoms with Gasteiger partial charge in [0.25, 0.3) is 5.91 Å². The fourth-order valence-corrected chi connectivity index (χ4v) is 3.98. The number of amides is 2. The van der Waals surface area contributed by atoms with Crippen molar-refractivity contribution in [2.24, 2.45) is 0 Å². The number of thiazole rings is 1. The van der Waals surface area contributed by atoms with E-state index >= 15 is 0 Å². The summed E-state index contributed by atoms with van der Waals surface area (Å²) < 4.78 is 1.12. The molecule has 1 heterocycles. The van der Waals surface area contributed by atoms with Gasteiger partial charge >= 0.3 is 0 Å². The van der Waals surface area contributed by atoms with Crippen molar-refractivity contribution in [2.45, 2.75) is 0 Å². The molecule has 0 saturated carbocycles. The van der Waals surface area contributed by atoms with Crippen LogP contribution in [0.2, 0.25) is 0 Å². The van der Waals surface area contributed by atoms with Crippen molar-refractivity contribution in [1.82, 2.24) is 15.6 Å². The topological polar surface area (TPSA) is 83.1 Å². The van der Waals surface area contributed by atoms with Crippen LogP contribution in [0.25, 0.3) is 21.3 Å². The lowest BCUT2D eigenvalue weighted by atomic mass is 10.0. The number of carbonyl (C=O) groups excluding carboxylic acids is 2. The number of fused-ring (bicyclic) bond motifs is 1. The number of para-hydroxylation sites is 1. The third-order valence-electron chi connectivity index (χ3n) is 4.68. The molecule has 0 fully saturated rings. The van der Waals surface area contributed by atoms with E-state index < -0.39 is 0 Å². The molecule has 2 amide bonds. The quantitative estimate of drug-likeness (QED) is 0.370. The molecule has 3 N–H and O–H groups in total. The van der Waals surface area contributed by atoms with E-state index in [1.54, 1.807) is 23.5 Å². The largest absolute Gasteiger partial charge is 0.360 e. The molecule has 3 aromatic carbocycles. The summed E-state index contributed by atoms with van der Waals surface area (Å²) in [6.07, 6.45) is 0. The summed E-state index contributed by atoms with van der Waals surface area (Å²) in [6.45, 7) is 0.928. The lowest BCUT2D eigenvalue weighted by molar-refractivity contribution is -0.120. The first-order valence-electron chi connectivity index (χ1n) is 9.99. The van der Waals surface area contributed by atoms with Crippen LogP contribution in [0.15, 0.2) is 78.9 Å². The summed E-state index contributed by atoms with van der Waals surface area (Å²) in [6, 6.07) is 25.2. The molecule has 31 heavy (non-hydrogen) atoms. The van der Waals surface area contributed by atoms with Crippen molar-refractivity contribution >= 4 is 38.5 Å². The van der Waals surface area contributed by atoms with Gasteiger partial charge in [-0.2, -0.15) is 0 Å². The molecule has 0 saturated heterocycles. The highest BCUT2D eigenvalue weighted by atomic mass is 32.1. The average Bonchev–Trinajstić information content (AvgIpc) is 3.24. The Kier molecular flexibility index (Phi) is 6.54. The Morgan fingerprint density at radius 3 is 2.26 bits per heavy atom. The number of aromatic nitrogens is 1. The third kappa shape index (κ3) is 5.46. The number of nitrogens with one attached hydrogen (secondary N) is 3. The number of benzene rings is 3. The summed E-state index contributed by atoms with van der Waals surface area (Å²) in [5, 5.41) is 9.46. The van der Waals surface area contributed by atoms with Gasteiger partial charge in [0.2, 0.25) is 5.91 Å². The summed E-state index contributed by atoms with van der Waals surface area (Å²) in [7, 11) is 0. The molecular formula is C24H22N4O2S. The van der Waals surface area contributed by atoms with Crippen LogP contribution < -0.4 is 16.0 Å². The van der Waals surface area contributed by atoms with Gasteiger partial charge in [-0.3, -0.25) is 9.59 Å². The Hall–Kier alpha value is -3.71. The zero-order valence-corrected chi connectivity index (χ0v) is 17.6. The molecule has 0 bridgehead atoms. The molecule has 0 unspecified atom stereocenters. The minimum Gasteiger partial charge on any atom is -0.360 e. The molecule has 0 aliphatic rings. The van der Waals surface area contributed by atoms with Gasteiger partial charge in [0.1, 0.15) is 0 Å². The van der Waals surface area contributed by atoms with Gasteiger partial charge < -0.3 is 16.0 Å². The van der Waals surface area contributed by atoms with Crippen molar-refractivity contribution in [3.63, 3.8) is 0 Å². The van der Waals surface area contributed by atoms with Crippen LogP contribution in [-0.2, 0) is 4.79 Å². The van der Waals surface area contributed by atoms with Gasteiger partial charge in [-0.1, -0.05) is 65.9 Å². The highest BCUT2D eigenvalue weighted by Gasteiger charge is 2.08. The maximum atomic E-state index is 12.3. The van der Waals surface area contributed by atoms with E-state index in [4.69, 9.17) is 0 Å². The SMILES string of the molecule is O=C(CNC(=O)c1ccc(-c2ccccc2)cc1)NCCNc1nc2ccccc2s1. The second-order valence-corrected chi connectivity index (χ2v) is 7.92. The zero-order chi connectivity index (χ0) is 21.5. The summed E-state index contributed by atoms with van der Waals surface area (Å²) in [4.78, 5) is 28.8. The maximum Gasteiger partial charge on any atom is 0.251 e. The van der Waals surface area contributed by atoms with E-state index in [1.807, 2.05) is 66.7 Å². The Morgan fingerprint density at radius 2 is 1.48 bits per heavy atom. The molecule has 7 heteroatoms. The second-order valence-electron chi connectivity index (χ2n) is 6.89. The molecule has 4 rings (SSSR count). The van der Waals surface area contributed by atoms with Gasteiger partial charge in [0, 0.05) is 18.7 Å². The van der Waals surface area contributed by atoms with Gasteiger partial charge in [-0.15, -0.1) is 0 Å². The van der Waals surface area contributed by atoms with Gasteiger partial charge in [0.15, 0.2) is 5.13 Å². The van der Waals surface area contributed by atoms with Crippen LogP contribution in [-0.4, -0.2) is 36.4 Å². The fraction of sp³-hybridized carbons (Fsp3) is 0.125. The monoisotopic (exact) mass is 430 g/mol. The third-order valence-corrected chi connectivity index (χ3v) is 5.68. The first-order valence-corrected chi connectivity index (χ1v) is 10.8.